The van der Waals surface area contributed by atoms with Crippen LogP contribution in [0.2, 0.25) is 0 Å². The highest BCUT2D eigenvalue weighted by atomic mass is 16.3. The number of H-pyrrole nitrogens is 1. The number of rotatable bonds is 5. The average Bonchev–Trinajstić information content (AvgIpc) is 3.16. The number of imidazole rings is 1. The van der Waals surface area contributed by atoms with Gasteiger partial charge < -0.3 is 20.1 Å². The molecule has 3 atom stereocenters. The molecule has 0 aliphatic carbocycles. The van der Waals surface area contributed by atoms with Gasteiger partial charge in [-0.3, -0.25) is 4.79 Å². The second kappa shape index (κ2) is 8.01. The Balaban J connectivity index is 1.86. The van der Waals surface area contributed by atoms with Crippen molar-refractivity contribution in [2.45, 2.75) is 58.4 Å². The molecule has 140 valence electrons. The van der Waals surface area contributed by atoms with Gasteiger partial charge in [0.2, 0.25) is 5.91 Å². The van der Waals surface area contributed by atoms with Crippen LogP contribution in [0.5, 0.6) is 0 Å². The Morgan fingerprint density at radius 2 is 2.08 bits per heavy atom. The fraction of sp³-hybridized carbons (Fsp3) is 0.500. The van der Waals surface area contributed by atoms with Gasteiger partial charge in [0.25, 0.3) is 0 Å². The Bertz CT molecular complexity index is 741. The van der Waals surface area contributed by atoms with Crippen LogP contribution < -0.4 is 0 Å². The van der Waals surface area contributed by atoms with E-state index >= 15 is 0 Å². The minimum atomic E-state index is -0.757. The summed E-state index contributed by atoms with van der Waals surface area (Å²) in [6, 6.07) is 7.38. The number of aromatic amines is 1. The van der Waals surface area contributed by atoms with Gasteiger partial charge in [-0.15, -0.1) is 0 Å². The molecule has 2 aromatic rings. The number of likely N-dealkylation sites (tertiary alicyclic amines) is 1. The first-order valence-corrected chi connectivity index (χ1v) is 9.30. The molecule has 1 aromatic carbocycles. The molecule has 1 aliphatic rings. The van der Waals surface area contributed by atoms with Crippen LogP contribution in [0.1, 0.15) is 57.0 Å². The lowest BCUT2D eigenvalue weighted by atomic mass is 9.97. The number of hydrogen-bond donors (Lipinski definition) is 3. The van der Waals surface area contributed by atoms with Crippen LogP contribution in [-0.4, -0.2) is 37.2 Å². The number of hydrogen-bond acceptors (Lipinski definition) is 4. The van der Waals surface area contributed by atoms with E-state index in [1.54, 1.807) is 11.1 Å². The summed E-state index contributed by atoms with van der Waals surface area (Å²) in [6.07, 6.45) is 4.00. The van der Waals surface area contributed by atoms with Crippen molar-refractivity contribution in [3.8, 4) is 11.3 Å². The molecule has 3 unspecified atom stereocenters. The van der Waals surface area contributed by atoms with Crippen LogP contribution in [0.4, 0.5) is 0 Å². The van der Waals surface area contributed by atoms with E-state index in [1.165, 1.54) is 0 Å². The van der Waals surface area contributed by atoms with Crippen LogP contribution >= 0.6 is 0 Å². The van der Waals surface area contributed by atoms with Crippen LogP contribution in [0.25, 0.3) is 11.3 Å². The van der Waals surface area contributed by atoms with Crippen LogP contribution in [0, 0.1) is 5.92 Å². The molecule has 3 rings (SSSR count). The van der Waals surface area contributed by atoms with Gasteiger partial charge in [0.05, 0.1) is 24.5 Å². The molecule has 0 saturated carbocycles. The Hall–Kier alpha value is -2.18. The predicted octanol–water partition coefficient (Wildman–Crippen LogP) is 2.99. The van der Waals surface area contributed by atoms with E-state index in [1.807, 2.05) is 38.1 Å². The number of aliphatic hydroxyl groups excluding tert-OH is 2. The van der Waals surface area contributed by atoms with E-state index in [4.69, 9.17) is 5.11 Å². The largest absolute Gasteiger partial charge is 0.392 e. The smallest absolute Gasteiger partial charge is 0.228 e. The van der Waals surface area contributed by atoms with Gasteiger partial charge in [-0.25, -0.2) is 4.98 Å². The summed E-state index contributed by atoms with van der Waals surface area (Å²) in [6.45, 7) is 3.90. The molecule has 1 saturated heterocycles. The number of nitrogens with one attached hydrogen (secondary N) is 1. The quantitative estimate of drug-likeness (QED) is 0.767. The minimum Gasteiger partial charge on any atom is -0.392 e. The van der Waals surface area contributed by atoms with Gasteiger partial charge in [0.1, 0.15) is 12.1 Å². The number of carbonyl (C=O) groups is 1. The fourth-order valence-corrected chi connectivity index (χ4v) is 3.42. The number of carbonyl (C=O) groups excluding carboxylic acids is 1. The van der Waals surface area contributed by atoms with Crippen molar-refractivity contribution in [3.63, 3.8) is 0 Å². The molecule has 0 spiro atoms. The van der Waals surface area contributed by atoms with Crippen LogP contribution in [0.15, 0.2) is 30.5 Å². The summed E-state index contributed by atoms with van der Waals surface area (Å²) >= 11 is 0. The average molecular weight is 357 g/mol. The van der Waals surface area contributed by atoms with Crippen LogP contribution in [-0.2, 0) is 11.4 Å². The second-order valence-electron chi connectivity index (χ2n) is 7.02. The topological polar surface area (TPSA) is 89.5 Å². The summed E-state index contributed by atoms with van der Waals surface area (Å²) in [5, 5.41) is 19.6. The SMILES string of the molecule is CCC(C)C(=O)N1C(O)CCCC1c1ncc(-c2ccc(CO)cc2)[nH]1. The van der Waals surface area contributed by atoms with E-state index in [9.17, 15) is 9.90 Å². The van der Waals surface area contributed by atoms with Crippen molar-refractivity contribution in [2.24, 2.45) is 5.92 Å². The van der Waals surface area contributed by atoms with E-state index in [0.29, 0.717) is 12.2 Å². The third-order valence-electron chi connectivity index (χ3n) is 5.24. The number of nitrogens with zero attached hydrogens (tertiary/aromatic N) is 2. The molecule has 1 aliphatic heterocycles. The van der Waals surface area contributed by atoms with Crippen molar-refractivity contribution in [1.82, 2.24) is 14.9 Å². The Morgan fingerprint density at radius 3 is 2.73 bits per heavy atom. The third-order valence-corrected chi connectivity index (χ3v) is 5.24. The second-order valence-corrected chi connectivity index (χ2v) is 7.02. The third kappa shape index (κ3) is 3.66. The van der Waals surface area contributed by atoms with Gasteiger partial charge in [-0.2, -0.15) is 0 Å². The zero-order chi connectivity index (χ0) is 18.7. The Kier molecular flexibility index (Phi) is 5.74. The highest BCUT2D eigenvalue weighted by Crippen LogP contribution is 2.34. The monoisotopic (exact) mass is 357 g/mol. The Morgan fingerprint density at radius 1 is 1.35 bits per heavy atom. The van der Waals surface area contributed by atoms with Gasteiger partial charge in [0.15, 0.2) is 0 Å². The van der Waals surface area contributed by atoms with Crippen LogP contribution in [0.3, 0.4) is 0 Å². The van der Waals surface area contributed by atoms with E-state index in [0.717, 1.165) is 36.1 Å². The van der Waals surface area contributed by atoms with E-state index in [-0.39, 0.29) is 24.5 Å². The van der Waals surface area contributed by atoms with Gasteiger partial charge >= 0.3 is 0 Å². The Labute approximate surface area is 153 Å². The molecule has 2 heterocycles. The molecule has 6 nitrogen and oxygen atoms in total. The highest BCUT2D eigenvalue weighted by molar-refractivity contribution is 5.79. The van der Waals surface area contributed by atoms with Gasteiger partial charge in [-0.05, 0) is 36.8 Å². The molecule has 1 aromatic heterocycles. The first-order chi connectivity index (χ1) is 12.5. The number of piperidine rings is 1. The molecular weight excluding hydrogens is 330 g/mol. The molecule has 26 heavy (non-hydrogen) atoms. The standard InChI is InChI=1S/C20H27N3O3/c1-3-13(2)20(26)23-17(5-4-6-18(23)25)19-21-11-16(22-19)15-9-7-14(12-24)8-10-15/h7-11,13,17-18,24-25H,3-6,12H2,1-2H3,(H,21,22). The van der Waals surface area contributed by atoms with Gasteiger partial charge in [-0.1, -0.05) is 38.1 Å². The zero-order valence-corrected chi connectivity index (χ0v) is 15.4. The van der Waals surface area contributed by atoms with Crippen molar-refractivity contribution < 1.29 is 15.0 Å². The summed E-state index contributed by atoms with van der Waals surface area (Å²) in [7, 11) is 0. The molecule has 1 amide bonds. The van der Waals surface area contributed by atoms with Crippen molar-refractivity contribution in [2.75, 3.05) is 0 Å². The summed E-state index contributed by atoms with van der Waals surface area (Å²) in [5.74, 6) is 0.572. The maximum atomic E-state index is 12.8. The summed E-state index contributed by atoms with van der Waals surface area (Å²) < 4.78 is 0. The highest BCUT2D eigenvalue weighted by Gasteiger charge is 2.37. The first-order valence-electron chi connectivity index (χ1n) is 9.30. The summed E-state index contributed by atoms with van der Waals surface area (Å²) in [4.78, 5) is 22.2. The molecule has 1 fully saturated rings. The van der Waals surface area contributed by atoms with E-state index in [2.05, 4.69) is 9.97 Å². The molecular formula is C20H27N3O3. The van der Waals surface area contributed by atoms with Crippen molar-refractivity contribution in [1.29, 1.82) is 0 Å². The molecule has 0 radical (unpaired) electrons. The lowest BCUT2D eigenvalue weighted by molar-refractivity contribution is -0.155. The summed E-state index contributed by atoms with van der Waals surface area (Å²) in [5.41, 5.74) is 2.69. The lowest BCUT2D eigenvalue weighted by Gasteiger charge is -2.39. The normalized spacial score (nSPS) is 21.6. The predicted molar refractivity (Wildman–Crippen MR) is 98.8 cm³/mol. The number of aromatic nitrogens is 2. The van der Waals surface area contributed by atoms with Crippen molar-refractivity contribution in [3.05, 3.63) is 41.9 Å². The van der Waals surface area contributed by atoms with Crippen molar-refractivity contribution >= 4 is 5.91 Å². The first kappa shape index (κ1) is 18.6. The maximum absolute atomic E-state index is 12.8. The molecule has 6 heteroatoms. The number of amides is 1. The lowest BCUT2D eigenvalue weighted by Crippen LogP contribution is -2.48. The molecule has 0 bridgehead atoms. The van der Waals surface area contributed by atoms with Gasteiger partial charge in [0, 0.05) is 5.92 Å². The maximum Gasteiger partial charge on any atom is 0.228 e. The van der Waals surface area contributed by atoms with E-state index < -0.39 is 6.23 Å². The zero-order valence-electron chi connectivity index (χ0n) is 15.4. The number of aliphatic hydroxyl groups is 2. The fourth-order valence-electron chi connectivity index (χ4n) is 3.42. The molecule has 3 N–H and O–H groups in total. The number of benzene rings is 1. The minimum absolute atomic E-state index is 0.0150.